The van der Waals surface area contributed by atoms with Crippen molar-refractivity contribution in [1.29, 1.82) is 0 Å². The zero-order valence-corrected chi connectivity index (χ0v) is 6.90. The van der Waals surface area contributed by atoms with E-state index in [2.05, 4.69) is 4.98 Å². The van der Waals surface area contributed by atoms with Gasteiger partial charge in [-0.25, -0.2) is 22.9 Å². The van der Waals surface area contributed by atoms with Crippen LogP contribution in [0.3, 0.4) is 0 Å². The van der Waals surface area contributed by atoms with Crippen molar-refractivity contribution < 1.29 is 23.1 Å². The maximum absolute atomic E-state index is 12.5. The first-order chi connectivity index (χ1) is 6.52. The first kappa shape index (κ1) is 10.6. The minimum Gasteiger partial charge on any atom is -0.477 e. The topological polar surface area (TPSA) is 55.1 Å². The van der Waals surface area contributed by atoms with Gasteiger partial charge in [0.15, 0.2) is 6.17 Å². The second kappa shape index (κ2) is 4.12. The minimum absolute atomic E-state index is 0.312. The highest BCUT2D eigenvalue weighted by Gasteiger charge is 2.21. The lowest BCUT2D eigenvalue weighted by Gasteiger charge is -2.08. The second-order valence-electron chi connectivity index (χ2n) is 2.59. The first-order valence-electron chi connectivity index (χ1n) is 3.68. The van der Waals surface area contributed by atoms with Crippen molar-refractivity contribution in [2.45, 2.75) is 19.1 Å². The number of nitrogens with zero attached hydrogens (tertiary/aromatic N) is 2. The number of hydrogen-bond donors (Lipinski definition) is 1. The van der Waals surface area contributed by atoms with E-state index in [0.29, 0.717) is 0 Å². The van der Waals surface area contributed by atoms with Gasteiger partial charge in [0, 0.05) is 0 Å². The lowest BCUT2D eigenvalue weighted by molar-refractivity contribution is 0.0392. The van der Waals surface area contributed by atoms with E-state index < -0.39 is 25.1 Å². The predicted molar refractivity (Wildman–Crippen MR) is 40.1 cm³/mol. The van der Waals surface area contributed by atoms with Gasteiger partial charge in [-0.3, -0.25) is 0 Å². The molecule has 1 rings (SSSR count). The summed E-state index contributed by atoms with van der Waals surface area (Å²) in [7, 11) is 0. The van der Waals surface area contributed by atoms with Gasteiger partial charge in [-0.05, 0) is 0 Å². The number of halogens is 3. The highest BCUT2D eigenvalue weighted by atomic mass is 19.3. The van der Waals surface area contributed by atoms with Crippen molar-refractivity contribution in [2.24, 2.45) is 0 Å². The molecule has 0 radical (unpaired) electrons. The zero-order chi connectivity index (χ0) is 10.7. The molecular formula is C7H7F3N2O2. The standard InChI is InChI=1S/C7H7F3N2O2/c8-4(6(9)10)2-12-3-11-1-5(12)7(13)14/h1,3-4,6H,2H2,(H,13,14). The van der Waals surface area contributed by atoms with Crippen molar-refractivity contribution in [3.8, 4) is 0 Å². The molecule has 1 N–H and O–H groups in total. The smallest absolute Gasteiger partial charge is 0.354 e. The summed E-state index contributed by atoms with van der Waals surface area (Å²) in [6.45, 7) is -0.709. The van der Waals surface area contributed by atoms with Gasteiger partial charge in [0.05, 0.1) is 19.1 Å². The molecule has 0 aliphatic rings. The number of carbonyl (C=O) groups is 1. The van der Waals surface area contributed by atoms with Crippen LogP contribution >= 0.6 is 0 Å². The molecule has 0 aliphatic heterocycles. The molecule has 0 saturated carbocycles. The maximum atomic E-state index is 12.5. The molecule has 1 atom stereocenters. The molecule has 0 amide bonds. The fourth-order valence-electron chi connectivity index (χ4n) is 0.912. The van der Waals surface area contributed by atoms with Gasteiger partial charge >= 0.3 is 5.97 Å². The van der Waals surface area contributed by atoms with Gasteiger partial charge in [-0.2, -0.15) is 0 Å². The largest absolute Gasteiger partial charge is 0.477 e. The Kier molecular flexibility index (Phi) is 3.10. The summed E-state index contributed by atoms with van der Waals surface area (Å²) in [5, 5.41) is 8.54. The Morgan fingerprint density at radius 3 is 2.71 bits per heavy atom. The molecule has 14 heavy (non-hydrogen) atoms. The summed E-state index contributed by atoms with van der Waals surface area (Å²) in [5.74, 6) is -1.33. The molecule has 1 aromatic rings. The second-order valence-corrected chi connectivity index (χ2v) is 2.59. The predicted octanol–water partition coefficient (Wildman–Crippen LogP) is 1.18. The summed E-state index contributed by atoms with van der Waals surface area (Å²) in [6, 6.07) is 0. The van der Waals surface area contributed by atoms with Crippen LogP contribution in [-0.2, 0) is 6.54 Å². The number of alkyl halides is 3. The fourth-order valence-corrected chi connectivity index (χ4v) is 0.912. The van der Waals surface area contributed by atoms with Gasteiger partial charge < -0.3 is 9.67 Å². The Morgan fingerprint density at radius 2 is 2.21 bits per heavy atom. The molecule has 7 heteroatoms. The third-order valence-corrected chi connectivity index (χ3v) is 1.58. The van der Waals surface area contributed by atoms with Crippen molar-refractivity contribution in [1.82, 2.24) is 9.55 Å². The Balaban J connectivity index is 2.76. The minimum atomic E-state index is -3.13. The number of hydrogen-bond acceptors (Lipinski definition) is 2. The lowest BCUT2D eigenvalue weighted by Crippen LogP contribution is -2.21. The van der Waals surface area contributed by atoms with E-state index in [9.17, 15) is 18.0 Å². The fraction of sp³-hybridized carbons (Fsp3) is 0.429. The lowest BCUT2D eigenvalue weighted by atomic mass is 10.3. The number of carboxylic acids is 1. The number of rotatable bonds is 4. The summed E-state index contributed by atoms with van der Waals surface area (Å²) in [6.07, 6.45) is -3.54. The average Bonchev–Trinajstić information content (AvgIpc) is 2.52. The number of aromatic nitrogens is 2. The Hall–Kier alpha value is -1.53. The molecule has 0 saturated heterocycles. The number of carboxylic acid groups (broad SMARTS) is 1. The molecule has 1 heterocycles. The van der Waals surface area contributed by atoms with E-state index in [0.717, 1.165) is 17.1 Å². The van der Waals surface area contributed by atoms with E-state index in [4.69, 9.17) is 5.11 Å². The van der Waals surface area contributed by atoms with E-state index in [1.54, 1.807) is 0 Å². The number of imidazole rings is 1. The van der Waals surface area contributed by atoms with E-state index in [1.807, 2.05) is 0 Å². The van der Waals surface area contributed by atoms with Gasteiger partial charge in [0.1, 0.15) is 5.69 Å². The zero-order valence-electron chi connectivity index (χ0n) is 6.90. The van der Waals surface area contributed by atoms with Crippen LogP contribution in [0.1, 0.15) is 10.5 Å². The van der Waals surface area contributed by atoms with Crippen molar-refractivity contribution in [3.05, 3.63) is 18.2 Å². The first-order valence-corrected chi connectivity index (χ1v) is 3.68. The maximum Gasteiger partial charge on any atom is 0.354 e. The molecule has 0 aromatic carbocycles. The molecule has 0 fully saturated rings. The highest BCUT2D eigenvalue weighted by Crippen LogP contribution is 2.10. The monoisotopic (exact) mass is 208 g/mol. The Morgan fingerprint density at radius 1 is 1.57 bits per heavy atom. The van der Waals surface area contributed by atoms with E-state index >= 15 is 0 Å². The summed E-state index contributed by atoms with van der Waals surface area (Å²) >= 11 is 0. The van der Waals surface area contributed by atoms with E-state index in [-0.39, 0.29) is 5.69 Å². The van der Waals surface area contributed by atoms with Crippen LogP contribution in [0.5, 0.6) is 0 Å². The highest BCUT2D eigenvalue weighted by molar-refractivity contribution is 5.85. The molecule has 0 spiro atoms. The van der Waals surface area contributed by atoms with Crippen LogP contribution in [0.15, 0.2) is 12.5 Å². The van der Waals surface area contributed by atoms with Crippen LogP contribution < -0.4 is 0 Å². The third kappa shape index (κ3) is 2.24. The van der Waals surface area contributed by atoms with Crippen LogP contribution in [-0.4, -0.2) is 33.2 Å². The van der Waals surface area contributed by atoms with Crippen LogP contribution in [0.4, 0.5) is 13.2 Å². The van der Waals surface area contributed by atoms with E-state index in [1.165, 1.54) is 0 Å². The number of aromatic carboxylic acids is 1. The van der Waals surface area contributed by atoms with Crippen molar-refractivity contribution in [3.63, 3.8) is 0 Å². The summed E-state index contributed by atoms with van der Waals surface area (Å²) in [5.41, 5.74) is -0.312. The summed E-state index contributed by atoms with van der Waals surface area (Å²) in [4.78, 5) is 13.9. The quantitative estimate of drug-likeness (QED) is 0.808. The third-order valence-electron chi connectivity index (χ3n) is 1.58. The molecule has 1 aromatic heterocycles. The molecular weight excluding hydrogens is 201 g/mol. The van der Waals surface area contributed by atoms with Crippen LogP contribution in [0, 0.1) is 0 Å². The Labute approximate surface area is 77.0 Å². The molecule has 78 valence electrons. The van der Waals surface area contributed by atoms with Gasteiger partial charge in [0.25, 0.3) is 6.43 Å². The van der Waals surface area contributed by atoms with Gasteiger partial charge in [-0.15, -0.1) is 0 Å². The van der Waals surface area contributed by atoms with Gasteiger partial charge in [-0.1, -0.05) is 0 Å². The molecule has 0 aliphatic carbocycles. The van der Waals surface area contributed by atoms with Gasteiger partial charge in [0.2, 0.25) is 0 Å². The molecule has 1 unspecified atom stereocenters. The van der Waals surface area contributed by atoms with Crippen LogP contribution in [0.25, 0.3) is 0 Å². The normalized spacial score (nSPS) is 13.1. The van der Waals surface area contributed by atoms with Crippen LogP contribution in [0.2, 0.25) is 0 Å². The summed E-state index contributed by atoms with van der Waals surface area (Å²) < 4.78 is 37.0. The molecule has 4 nitrogen and oxygen atoms in total. The average molecular weight is 208 g/mol. The van der Waals surface area contributed by atoms with Crippen molar-refractivity contribution in [2.75, 3.05) is 0 Å². The molecule has 0 bridgehead atoms. The Bertz CT molecular complexity index is 326. The SMILES string of the molecule is O=C(O)c1cncn1CC(F)C(F)F. The van der Waals surface area contributed by atoms with Crippen molar-refractivity contribution >= 4 is 5.97 Å².